The predicted octanol–water partition coefficient (Wildman–Crippen LogP) is 1.61. The molecule has 1 aromatic rings. The summed E-state index contributed by atoms with van der Waals surface area (Å²) in [5.41, 5.74) is 0.591. The van der Waals surface area contributed by atoms with Gasteiger partial charge in [0.2, 0.25) is 0 Å². The van der Waals surface area contributed by atoms with Gasteiger partial charge in [-0.15, -0.1) is 0 Å². The molecule has 0 aromatic heterocycles. The maximum Gasteiger partial charge on any atom is 0.164 e. The van der Waals surface area contributed by atoms with Gasteiger partial charge in [-0.05, 0) is 19.1 Å². The Bertz CT molecular complexity index is 349. The number of hydrogen-bond acceptors (Lipinski definition) is 2. The van der Waals surface area contributed by atoms with E-state index in [0.29, 0.717) is 11.3 Å². The summed E-state index contributed by atoms with van der Waals surface area (Å²) in [6, 6.07) is 7.18. The molecule has 2 radical (unpaired) electrons. The second kappa shape index (κ2) is 2.91. The zero-order valence-electron chi connectivity index (χ0n) is 7.36. The van der Waals surface area contributed by atoms with E-state index in [-0.39, 0.29) is 11.9 Å². The standard InChI is InChI=1S/C10H9BO2/c1-6-9(11)10(12)7-4-2-3-5-8(7)13-6/h2-6,9H,1H3. The van der Waals surface area contributed by atoms with Crippen molar-refractivity contribution >= 4 is 13.6 Å². The predicted molar refractivity (Wildman–Crippen MR) is 50.4 cm³/mol. The van der Waals surface area contributed by atoms with Gasteiger partial charge >= 0.3 is 0 Å². The van der Waals surface area contributed by atoms with Gasteiger partial charge in [0.05, 0.1) is 19.5 Å². The molecule has 2 unspecified atom stereocenters. The molecule has 0 saturated carbocycles. The van der Waals surface area contributed by atoms with Crippen molar-refractivity contribution in [2.75, 3.05) is 0 Å². The first-order valence-electron chi connectivity index (χ1n) is 4.25. The molecule has 0 bridgehead atoms. The lowest BCUT2D eigenvalue weighted by Gasteiger charge is -2.27. The van der Waals surface area contributed by atoms with Crippen molar-refractivity contribution in [1.29, 1.82) is 0 Å². The average molecular weight is 172 g/mol. The number of benzene rings is 1. The van der Waals surface area contributed by atoms with E-state index in [1.54, 1.807) is 19.1 Å². The molecule has 64 valence electrons. The van der Waals surface area contributed by atoms with Crippen LogP contribution < -0.4 is 4.74 Å². The molecule has 0 spiro atoms. The summed E-state index contributed by atoms with van der Waals surface area (Å²) in [6.45, 7) is 1.80. The largest absolute Gasteiger partial charge is 0.490 e. The number of Topliss-reactive ketones (excluding diaryl/α,β-unsaturated/α-hetero) is 1. The lowest BCUT2D eigenvalue weighted by atomic mass is 9.75. The Morgan fingerprint density at radius 3 is 2.85 bits per heavy atom. The highest BCUT2D eigenvalue weighted by Gasteiger charge is 2.29. The quantitative estimate of drug-likeness (QED) is 0.555. The maximum atomic E-state index is 11.6. The lowest BCUT2D eigenvalue weighted by molar-refractivity contribution is 0.0873. The van der Waals surface area contributed by atoms with E-state index < -0.39 is 5.82 Å². The molecule has 13 heavy (non-hydrogen) atoms. The van der Waals surface area contributed by atoms with Gasteiger partial charge in [-0.1, -0.05) is 12.1 Å². The van der Waals surface area contributed by atoms with Crippen molar-refractivity contribution in [3.63, 3.8) is 0 Å². The second-order valence-electron chi connectivity index (χ2n) is 3.21. The van der Waals surface area contributed by atoms with Gasteiger partial charge < -0.3 is 4.74 Å². The third-order valence-electron chi connectivity index (χ3n) is 2.27. The number of carbonyl (C=O) groups is 1. The van der Waals surface area contributed by atoms with Gasteiger partial charge in [-0.2, -0.15) is 0 Å². The first-order valence-corrected chi connectivity index (χ1v) is 4.25. The number of hydrogen-bond donors (Lipinski definition) is 0. The van der Waals surface area contributed by atoms with Gasteiger partial charge in [0.25, 0.3) is 0 Å². The zero-order chi connectivity index (χ0) is 9.42. The van der Waals surface area contributed by atoms with E-state index in [9.17, 15) is 4.79 Å². The van der Waals surface area contributed by atoms with Gasteiger partial charge in [0.1, 0.15) is 5.75 Å². The maximum absolute atomic E-state index is 11.6. The van der Waals surface area contributed by atoms with Crippen LogP contribution in [0.4, 0.5) is 0 Å². The second-order valence-corrected chi connectivity index (χ2v) is 3.21. The summed E-state index contributed by atoms with van der Waals surface area (Å²) in [5, 5.41) is 0. The minimum atomic E-state index is -0.533. The Morgan fingerprint density at radius 2 is 2.08 bits per heavy atom. The van der Waals surface area contributed by atoms with Crippen LogP contribution in [0.2, 0.25) is 5.82 Å². The third kappa shape index (κ3) is 1.24. The lowest BCUT2D eigenvalue weighted by Crippen LogP contribution is -2.31. The van der Waals surface area contributed by atoms with Crippen molar-refractivity contribution in [2.24, 2.45) is 0 Å². The van der Waals surface area contributed by atoms with Crippen molar-refractivity contribution in [2.45, 2.75) is 18.8 Å². The Hall–Kier alpha value is -1.25. The molecule has 1 aromatic carbocycles. The first kappa shape index (κ1) is 8.36. The SMILES string of the molecule is [B]C1C(=O)c2ccccc2OC1C. The zero-order valence-corrected chi connectivity index (χ0v) is 7.36. The fourth-order valence-electron chi connectivity index (χ4n) is 1.44. The number of ether oxygens (including phenoxy) is 1. The van der Waals surface area contributed by atoms with Crippen LogP contribution in [0, 0.1) is 0 Å². The Balaban J connectivity index is 2.49. The van der Waals surface area contributed by atoms with Gasteiger partial charge in [-0.3, -0.25) is 4.79 Å². The molecule has 1 aliphatic heterocycles. The van der Waals surface area contributed by atoms with E-state index >= 15 is 0 Å². The number of ketones is 1. The molecular formula is C10H9BO2. The summed E-state index contributed by atoms with van der Waals surface area (Å²) in [6.07, 6.45) is -0.234. The van der Waals surface area contributed by atoms with E-state index in [1.807, 2.05) is 12.1 Å². The van der Waals surface area contributed by atoms with Crippen molar-refractivity contribution < 1.29 is 9.53 Å². The van der Waals surface area contributed by atoms with Crippen LogP contribution >= 0.6 is 0 Å². The van der Waals surface area contributed by atoms with Crippen LogP contribution in [0.15, 0.2) is 24.3 Å². The molecular weight excluding hydrogens is 163 g/mol. The van der Waals surface area contributed by atoms with Crippen LogP contribution in [-0.4, -0.2) is 19.7 Å². The summed E-state index contributed by atoms with van der Waals surface area (Å²) < 4.78 is 5.47. The first-order chi connectivity index (χ1) is 6.20. The highest BCUT2D eigenvalue weighted by atomic mass is 16.5. The smallest absolute Gasteiger partial charge is 0.164 e. The van der Waals surface area contributed by atoms with E-state index in [2.05, 4.69) is 0 Å². The molecule has 0 saturated heterocycles. The summed E-state index contributed by atoms with van der Waals surface area (Å²) in [5.74, 6) is 0.0750. The normalized spacial score (nSPS) is 26.4. The monoisotopic (exact) mass is 172 g/mol. The minimum Gasteiger partial charge on any atom is -0.490 e. The molecule has 3 heteroatoms. The van der Waals surface area contributed by atoms with E-state index in [0.717, 1.165) is 0 Å². The number of para-hydroxylation sites is 1. The molecule has 1 heterocycles. The molecule has 0 N–H and O–H groups in total. The van der Waals surface area contributed by atoms with Crippen molar-refractivity contribution in [3.05, 3.63) is 29.8 Å². The topological polar surface area (TPSA) is 26.3 Å². The molecule has 0 amide bonds. The summed E-state index contributed by atoms with van der Waals surface area (Å²) in [4.78, 5) is 11.6. The number of fused-ring (bicyclic) bond motifs is 1. The fourth-order valence-corrected chi connectivity index (χ4v) is 1.44. The highest BCUT2D eigenvalue weighted by Crippen LogP contribution is 2.31. The van der Waals surface area contributed by atoms with Gasteiger partial charge in [-0.25, -0.2) is 0 Å². The minimum absolute atomic E-state index is 0.0330. The number of carbonyl (C=O) groups excluding carboxylic acids is 1. The highest BCUT2D eigenvalue weighted by molar-refractivity contribution is 6.29. The molecule has 1 aliphatic rings. The molecule has 2 atom stereocenters. The summed E-state index contributed by atoms with van der Waals surface area (Å²) >= 11 is 0. The fraction of sp³-hybridized carbons (Fsp3) is 0.300. The van der Waals surface area contributed by atoms with Crippen molar-refractivity contribution in [1.82, 2.24) is 0 Å². The Kier molecular flexibility index (Phi) is 1.87. The Labute approximate surface area is 78.3 Å². The molecule has 2 nitrogen and oxygen atoms in total. The van der Waals surface area contributed by atoms with Crippen LogP contribution in [0.3, 0.4) is 0 Å². The molecule has 0 aliphatic carbocycles. The van der Waals surface area contributed by atoms with Crippen LogP contribution in [-0.2, 0) is 0 Å². The summed E-state index contributed by atoms with van der Waals surface area (Å²) in [7, 11) is 5.66. The van der Waals surface area contributed by atoms with Crippen LogP contribution in [0.5, 0.6) is 5.75 Å². The molecule has 0 fully saturated rings. The van der Waals surface area contributed by atoms with E-state index in [1.165, 1.54) is 0 Å². The number of rotatable bonds is 0. The van der Waals surface area contributed by atoms with Gasteiger partial charge in [0.15, 0.2) is 5.78 Å². The van der Waals surface area contributed by atoms with E-state index in [4.69, 9.17) is 12.6 Å². The molecule has 2 rings (SSSR count). The van der Waals surface area contributed by atoms with Crippen molar-refractivity contribution in [3.8, 4) is 5.75 Å². The average Bonchev–Trinajstić information content (AvgIpc) is 2.15. The van der Waals surface area contributed by atoms with Gasteiger partial charge in [0, 0.05) is 5.82 Å². The third-order valence-corrected chi connectivity index (χ3v) is 2.27. The van der Waals surface area contributed by atoms with Crippen LogP contribution in [0.25, 0.3) is 0 Å². The van der Waals surface area contributed by atoms with Crippen LogP contribution in [0.1, 0.15) is 17.3 Å². The Morgan fingerprint density at radius 1 is 1.38 bits per heavy atom.